The summed E-state index contributed by atoms with van der Waals surface area (Å²) in [5, 5.41) is 8.48. The second kappa shape index (κ2) is 12.7. The molecule has 0 saturated carbocycles. The fourth-order valence-corrected chi connectivity index (χ4v) is 4.72. The van der Waals surface area contributed by atoms with Crippen molar-refractivity contribution in [1.82, 2.24) is 20.2 Å². The molecule has 0 atom stereocenters. The lowest BCUT2D eigenvalue weighted by Gasteiger charge is -2.33. The van der Waals surface area contributed by atoms with Gasteiger partial charge in [0.15, 0.2) is 0 Å². The summed E-state index contributed by atoms with van der Waals surface area (Å²) in [7, 11) is 2.05. The third-order valence-corrected chi connectivity index (χ3v) is 7.05. The van der Waals surface area contributed by atoms with Crippen molar-refractivity contribution in [3.05, 3.63) is 53.6 Å². The van der Waals surface area contributed by atoms with Gasteiger partial charge in [-0.1, -0.05) is 37.1 Å². The van der Waals surface area contributed by atoms with Crippen LogP contribution in [0, 0.1) is 0 Å². The minimum Gasteiger partial charge on any atom is -0.494 e. The predicted molar refractivity (Wildman–Crippen MR) is 139 cm³/mol. The summed E-state index contributed by atoms with van der Waals surface area (Å²) in [6.07, 6.45) is 3.84. The Kier molecular flexibility index (Phi) is 9.14. The number of rotatable bonds is 11. The topological polar surface area (TPSA) is 102 Å². The van der Waals surface area contributed by atoms with Gasteiger partial charge >= 0.3 is 0 Å². The number of likely N-dealkylation sites (N-methyl/N-ethyl adjacent to an activating group) is 1. The Bertz CT molecular complexity index is 1100. The van der Waals surface area contributed by atoms with Gasteiger partial charge in [0, 0.05) is 44.7 Å². The molecule has 0 radical (unpaired) electrons. The highest BCUT2D eigenvalue weighted by atomic mass is 16.5. The fourth-order valence-electron chi connectivity index (χ4n) is 4.72. The SMILES string of the molecule is CN1CCN(C(=O)CN2Cc3ccc(-c4ccc(OCCCCCCC(=O)NO)cc4)cc3C2=O)CC1. The zero-order valence-electron chi connectivity index (χ0n) is 21.4. The van der Waals surface area contributed by atoms with Crippen LogP contribution in [0.3, 0.4) is 0 Å². The average molecular weight is 509 g/mol. The Morgan fingerprint density at radius 3 is 2.38 bits per heavy atom. The van der Waals surface area contributed by atoms with E-state index >= 15 is 0 Å². The van der Waals surface area contributed by atoms with Gasteiger partial charge in [-0.15, -0.1) is 0 Å². The molecule has 198 valence electrons. The Labute approximate surface area is 217 Å². The summed E-state index contributed by atoms with van der Waals surface area (Å²) in [6, 6.07) is 13.7. The zero-order chi connectivity index (χ0) is 26.2. The number of nitrogens with zero attached hydrogens (tertiary/aromatic N) is 3. The molecule has 0 spiro atoms. The van der Waals surface area contributed by atoms with Crippen molar-refractivity contribution in [3.8, 4) is 16.9 Å². The van der Waals surface area contributed by atoms with E-state index in [0.29, 0.717) is 38.2 Å². The largest absolute Gasteiger partial charge is 0.494 e. The highest BCUT2D eigenvalue weighted by molar-refractivity contribution is 6.01. The van der Waals surface area contributed by atoms with E-state index in [1.54, 1.807) is 10.4 Å². The third-order valence-electron chi connectivity index (χ3n) is 7.05. The first-order chi connectivity index (χ1) is 17.9. The Morgan fingerprint density at radius 2 is 1.65 bits per heavy atom. The second-order valence-corrected chi connectivity index (χ2v) is 9.79. The highest BCUT2D eigenvalue weighted by Crippen LogP contribution is 2.29. The summed E-state index contributed by atoms with van der Waals surface area (Å²) in [5.41, 5.74) is 5.22. The van der Waals surface area contributed by atoms with E-state index in [2.05, 4.69) is 11.9 Å². The van der Waals surface area contributed by atoms with Gasteiger partial charge < -0.3 is 19.4 Å². The first-order valence-electron chi connectivity index (χ1n) is 13.0. The van der Waals surface area contributed by atoms with Gasteiger partial charge in [0.05, 0.1) is 6.61 Å². The monoisotopic (exact) mass is 508 g/mol. The van der Waals surface area contributed by atoms with E-state index in [4.69, 9.17) is 9.94 Å². The molecule has 0 unspecified atom stereocenters. The van der Waals surface area contributed by atoms with Crippen molar-refractivity contribution < 1.29 is 24.3 Å². The third kappa shape index (κ3) is 7.08. The number of carbonyl (C=O) groups is 3. The van der Waals surface area contributed by atoms with Crippen molar-refractivity contribution in [2.45, 2.75) is 38.6 Å². The molecule has 4 rings (SSSR count). The van der Waals surface area contributed by atoms with Gasteiger partial charge in [0.25, 0.3) is 5.91 Å². The lowest BCUT2D eigenvalue weighted by Crippen LogP contribution is -2.50. The molecular formula is C28H36N4O5. The maximum Gasteiger partial charge on any atom is 0.254 e. The minimum absolute atomic E-state index is 0.0131. The number of unbranched alkanes of at least 4 members (excludes halogenated alkanes) is 3. The molecule has 2 N–H and O–H groups in total. The van der Waals surface area contributed by atoms with Crippen LogP contribution in [0.4, 0.5) is 0 Å². The quantitative estimate of drug-likeness (QED) is 0.275. The van der Waals surface area contributed by atoms with Gasteiger partial charge in [-0.2, -0.15) is 0 Å². The van der Waals surface area contributed by atoms with Gasteiger partial charge in [-0.25, -0.2) is 5.48 Å². The van der Waals surface area contributed by atoms with E-state index in [1.807, 2.05) is 47.4 Å². The average Bonchev–Trinajstić information content (AvgIpc) is 3.22. The van der Waals surface area contributed by atoms with Gasteiger partial charge in [0.1, 0.15) is 12.3 Å². The van der Waals surface area contributed by atoms with Crippen LogP contribution >= 0.6 is 0 Å². The summed E-state index contributed by atoms with van der Waals surface area (Å²) >= 11 is 0. The fraction of sp³-hybridized carbons (Fsp3) is 0.464. The number of piperazine rings is 1. The van der Waals surface area contributed by atoms with E-state index in [9.17, 15) is 14.4 Å². The Hall–Kier alpha value is -3.43. The van der Waals surface area contributed by atoms with Crippen LogP contribution < -0.4 is 10.2 Å². The number of benzene rings is 2. The maximum absolute atomic E-state index is 13.1. The summed E-state index contributed by atoms with van der Waals surface area (Å²) in [4.78, 5) is 42.5. The molecular weight excluding hydrogens is 472 g/mol. The van der Waals surface area contributed by atoms with E-state index in [0.717, 1.165) is 61.2 Å². The second-order valence-electron chi connectivity index (χ2n) is 9.79. The number of fused-ring (bicyclic) bond motifs is 1. The standard InChI is InChI=1S/C28H36N4O5/c1-30-13-15-31(16-14-30)27(34)20-32-19-23-8-7-22(18-25(23)28(32)35)21-9-11-24(12-10-21)37-17-5-3-2-4-6-26(33)29-36/h7-12,18,36H,2-6,13-17,19-20H2,1H3,(H,29,33). The van der Waals surface area contributed by atoms with E-state index in [-0.39, 0.29) is 24.3 Å². The molecule has 1 fully saturated rings. The molecule has 2 heterocycles. The van der Waals surface area contributed by atoms with Crippen LogP contribution in [-0.4, -0.2) is 84.0 Å². The zero-order valence-corrected chi connectivity index (χ0v) is 21.4. The summed E-state index contributed by atoms with van der Waals surface area (Å²) in [6.45, 7) is 4.33. The van der Waals surface area contributed by atoms with Crippen molar-refractivity contribution >= 4 is 17.7 Å². The van der Waals surface area contributed by atoms with Crippen molar-refractivity contribution in [2.24, 2.45) is 0 Å². The van der Waals surface area contributed by atoms with Crippen LogP contribution in [-0.2, 0) is 16.1 Å². The normalized spacial score (nSPS) is 15.6. The predicted octanol–water partition coefficient (Wildman–Crippen LogP) is 2.92. The number of ether oxygens (including phenoxy) is 1. The first kappa shape index (κ1) is 26.6. The van der Waals surface area contributed by atoms with E-state index in [1.165, 1.54) is 0 Å². The molecule has 1 saturated heterocycles. The molecule has 3 amide bonds. The van der Waals surface area contributed by atoms with Gasteiger partial charge in [-0.3, -0.25) is 19.6 Å². The van der Waals surface area contributed by atoms with Crippen LogP contribution in [0.15, 0.2) is 42.5 Å². The van der Waals surface area contributed by atoms with Crippen molar-refractivity contribution in [2.75, 3.05) is 46.4 Å². The molecule has 2 aliphatic heterocycles. The number of hydrogen-bond donors (Lipinski definition) is 2. The van der Waals surface area contributed by atoms with Crippen LogP contribution in [0.2, 0.25) is 0 Å². The Balaban J connectivity index is 1.26. The molecule has 0 aliphatic carbocycles. The number of hydrogen-bond acceptors (Lipinski definition) is 6. The number of amides is 3. The molecule has 0 bridgehead atoms. The lowest BCUT2D eigenvalue weighted by atomic mass is 10.0. The summed E-state index contributed by atoms with van der Waals surface area (Å²) in [5.74, 6) is 0.363. The number of nitrogens with one attached hydrogen (secondary N) is 1. The molecule has 2 aliphatic rings. The van der Waals surface area contributed by atoms with Crippen LogP contribution in [0.1, 0.15) is 48.0 Å². The first-order valence-corrected chi connectivity index (χ1v) is 13.0. The van der Waals surface area contributed by atoms with Gasteiger partial charge in [-0.05, 0) is 54.8 Å². The van der Waals surface area contributed by atoms with Gasteiger partial charge in [0.2, 0.25) is 11.8 Å². The van der Waals surface area contributed by atoms with Crippen LogP contribution in [0.25, 0.3) is 11.1 Å². The molecule has 37 heavy (non-hydrogen) atoms. The molecule has 0 aromatic heterocycles. The van der Waals surface area contributed by atoms with E-state index < -0.39 is 0 Å². The molecule has 9 nitrogen and oxygen atoms in total. The maximum atomic E-state index is 13.1. The lowest BCUT2D eigenvalue weighted by molar-refractivity contribution is -0.133. The smallest absolute Gasteiger partial charge is 0.254 e. The number of carbonyl (C=O) groups excluding carboxylic acids is 3. The molecule has 2 aromatic carbocycles. The Morgan fingerprint density at radius 1 is 0.946 bits per heavy atom. The van der Waals surface area contributed by atoms with Crippen LogP contribution in [0.5, 0.6) is 5.75 Å². The van der Waals surface area contributed by atoms with Crippen molar-refractivity contribution in [1.29, 1.82) is 0 Å². The molecule has 9 heteroatoms. The summed E-state index contributed by atoms with van der Waals surface area (Å²) < 4.78 is 5.83. The van der Waals surface area contributed by atoms with Crippen molar-refractivity contribution in [3.63, 3.8) is 0 Å². The number of hydroxylamine groups is 1. The minimum atomic E-state index is -0.349. The highest BCUT2D eigenvalue weighted by Gasteiger charge is 2.31. The molecule has 2 aromatic rings.